The molecule has 2 aliphatic carbocycles. The molecule has 2 atom stereocenters. The zero-order chi connectivity index (χ0) is 20.7. The molecule has 2 aromatic rings. The molecule has 1 saturated heterocycles. The summed E-state index contributed by atoms with van der Waals surface area (Å²) in [5.41, 5.74) is 5.52. The predicted molar refractivity (Wildman–Crippen MR) is 119 cm³/mol. The minimum Gasteiger partial charge on any atom is -0.494 e. The van der Waals surface area contributed by atoms with Crippen LogP contribution in [0.2, 0.25) is 0 Å². The van der Waals surface area contributed by atoms with E-state index in [2.05, 4.69) is 41.9 Å². The van der Waals surface area contributed by atoms with Gasteiger partial charge < -0.3 is 9.84 Å². The van der Waals surface area contributed by atoms with Crippen molar-refractivity contribution in [1.82, 2.24) is 9.88 Å². The molecule has 0 unspecified atom stereocenters. The number of rotatable bonds is 5. The minimum absolute atomic E-state index is 0.239. The van der Waals surface area contributed by atoms with Gasteiger partial charge in [-0.15, -0.1) is 0 Å². The molecule has 2 fully saturated rings. The number of fused-ring (bicyclic) bond motifs is 3. The lowest BCUT2D eigenvalue weighted by Crippen LogP contribution is -2.58. The van der Waals surface area contributed by atoms with Crippen LogP contribution >= 0.6 is 0 Å². The Kier molecular flexibility index (Phi) is 5.32. The van der Waals surface area contributed by atoms with Gasteiger partial charge >= 0.3 is 0 Å². The summed E-state index contributed by atoms with van der Waals surface area (Å²) in [4.78, 5) is 7.21. The summed E-state index contributed by atoms with van der Waals surface area (Å²) in [7, 11) is 0. The molecule has 0 radical (unpaired) electrons. The molecule has 0 amide bonds. The molecule has 4 heteroatoms. The molecule has 1 aliphatic heterocycles. The van der Waals surface area contributed by atoms with E-state index < -0.39 is 5.60 Å². The van der Waals surface area contributed by atoms with Crippen molar-refractivity contribution >= 4 is 0 Å². The quantitative estimate of drug-likeness (QED) is 0.800. The van der Waals surface area contributed by atoms with Crippen molar-refractivity contribution in [3.8, 4) is 5.75 Å². The van der Waals surface area contributed by atoms with Crippen LogP contribution in [0.4, 0.5) is 0 Å². The van der Waals surface area contributed by atoms with Crippen LogP contribution in [-0.2, 0) is 25.0 Å². The predicted octanol–water partition coefficient (Wildman–Crippen LogP) is 4.40. The van der Waals surface area contributed by atoms with Gasteiger partial charge in [-0.05, 0) is 74.8 Å². The smallest absolute Gasteiger partial charge is 0.124 e. The zero-order valence-electron chi connectivity index (χ0n) is 18.4. The van der Waals surface area contributed by atoms with E-state index in [0.717, 1.165) is 49.5 Å². The number of aliphatic hydroxyl groups is 1. The Hall–Kier alpha value is -1.91. The fourth-order valence-corrected chi connectivity index (χ4v) is 6.27. The molecule has 4 nitrogen and oxygen atoms in total. The fourth-order valence-electron chi connectivity index (χ4n) is 6.27. The maximum absolute atomic E-state index is 11.9. The van der Waals surface area contributed by atoms with Gasteiger partial charge in [0.2, 0.25) is 0 Å². The first kappa shape index (κ1) is 20.0. The van der Waals surface area contributed by atoms with Crippen LogP contribution in [0, 0.1) is 18.8 Å². The molecule has 2 bridgehead atoms. The molecule has 1 aromatic heterocycles. The van der Waals surface area contributed by atoms with E-state index in [-0.39, 0.29) is 11.8 Å². The molecule has 1 aromatic carbocycles. The Morgan fingerprint density at radius 1 is 1.13 bits per heavy atom. The Morgan fingerprint density at radius 3 is 2.57 bits per heavy atom. The number of aryl methyl sites for hydroxylation is 3. The fraction of sp³-hybridized carbons (Fsp3) is 0.577. The SMILES string of the molecule is CCOc1cc2c(cc1CN1C[C@H]3CCC[C@H](C1)C3(O)c1ncccc1C)CCC2. The van der Waals surface area contributed by atoms with Gasteiger partial charge in [0, 0.05) is 43.2 Å². The number of likely N-dealkylation sites (tertiary alicyclic amines) is 1. The summed E-state index contributed by atoms with van der Waals surface area (Å²) >= 11 is 0. The minimum atomic E-state index is -0.791. The van der Waals surface area contributed by atoms with Gasteiger partial charge in [-0.2, -0.15) is 0 Å². The average Bonchev–Trinajstić information content (AvgIpc) is 3.17. The largest absolute Gasteiger partial charge is 0.494 e. The number of hydrogen-bond acceptors (Lipinski definition) is 4. The van der Waals surface area contributed by atoms with E-state index >= 15 is 0 Å². The van der Waals surface area contributed by atoms with Crippen LogP contribution < -0.4 is 4.74 Å². The highest BCUT2D eigenvalue weighted by Gasteiger charge is 2.52. The van der Waals surface area contributed by atoms with Crippen LogP contribution in [0.1, 0.15) is 60.6 Å². The molecular weight excluding hydrogens is 372 g/mol. The van der Waals surface area contributed by atoms with Crippen molar-refractivity contribution in [3.05, 3.63) is 58.4 Å². The maximum Gasteiger partial charge on any atom is 0.124 e. The average molecular weight is 407 g/mol. The van der Waals surface area contributed by atoms with Gasteiger partial charge in [-0.25, -0.2) is 0 Å². The second-order valence-corrected chi connectivity index (χ2v) is 9.53. The van der Waals surface area contributed by atoms with Gasteiger partial charge in [0.1, 0.15) is 11.4 Å². The van der Waals surface area contributed by atoms with Crippen molar-refractivity contribution in [1.29, 1.82) is 0 Å². The highest BCUT2D eigenvalue weighted by molar-refractivity contribution is 5.45. The molecule has 1 saturated carbocycles. The molecule has 3 aliphatic rings. The van der Waals surface area contributed by atoms with Crippen molar-refractivity contribution in [3.63, 3.8) is 0 Å². The number of pyridine rings is 1. The third-order valence-electron chi connectivity index (χ3n) is 7.66. The summed E-state index contributed by atoms with van der Waals surface area (Å²) in [5, 5.41) is 11.9. The highest BCUT2D eigenvalue weighted by Crippen LogP contribution is 2.49. The summed E-state index contributed by atoms with van der Waals surface area (Å²) in [6.45, 7) is 7.61. The summed E-state index contributed by atoms with van der Waals surface area (Å²) in [6.07, 6.45) is 8.82. The number of benzene rings is 1. The standard InChI is InChI=1S/C26H34N2O2/c1-3-30-24-14-20-9-4-8-19(20)13-21(24)15-28-16-22-10-5-11-23(17-28)26(22,29)25-18(2)7-6-12-27-25/h6-7,12-14,22-23,29H,3-5,8-11,15-17H2,1-2H3/t22-,23-/m1/s1. The topological polar surface area (TPSA) is 45.6 Å². The van der Waals surface area contributed by atoms with Crippen LogP contribution in [0.15, 0.2) is 30.5 Å². The van der Waals surface area contributed by atoms with Gasteiger partial charge in [0.05, 0.1) is 12.3 Å². The second kappa shape index (κ2) is 7.97. The second-order valence-electron chi connectivity index (χ2n) is 9.53. The first-order chi connectivity index (χ1) is 14.6. The van der Waals surface area contributed by atoms with Crippen LogP contribution in [0.25, 0.3) is 0 Å². The lowest BCUT2D eigenvalue weighted by Gasteiger charge is -2.53. The molecule has 2 heterocycles. The Labute approximate surface area is 180 Å². The monoisotopic (exact) mass is 406 g/mol. The first-order valence-corrected chi connectivity index (χ1v) is 11.7. The molecule has 30 heavy (non-hydrogen) atoms. The van der Waals surface area contributed by atoms with E-state index in [1.807, 2.05) is 12.3 Å². The van der Waals surface area contributed by atoms with Crippen LogP contribution in [-0.4, -0.2) is 34.7 Å². The summed E-state index contributed by atoms with van der Waals surface area (Å²) in [6, 6.07) is 8.74. The van der Waals surface area contributed by atoms with E-state index in [0.29, 0.717) is 6.61 Å². The number of nitrogens with zero attached hydrogens (tertiary/aromatic N) is 2. The molecule has 5 rings (SSSR count). The van der Waals surface area contributed by atoms with Gasteiger partial charge in [-0.1, -0.05) is 18.6 Å². The zero-order valence-corrected chi connectivity index (χ0v) is 18.4. The number of ether oxygens (including phenoxy) is 1. The van der Waals surface area contributed by atoms with E-state index in [1.54, 1.807) is 0 Å². The summed E-state index contributed by atoms with van der Waals surface area (Å²) < 4.78 is 6.04. The number of piperidine rings is 1. The normalized spacial score (nSPS) is 28.4. The van der Waals surface area contributed by atoms with Crippen molar-refractivity contribution in [2.75, 3.05) is 19.7 Å². The lowest BCUT2D eigenvalue weighted by atomic mass is 9.63. The third-order valence-corrected chi connectivity index (χ3v) is 7.66. The molecule has 0 spiro atoms. The summed E-state index contributed by atoms with van der Waals surface area (Å²) in [5.74, 6) is 1.54. The Balaban J connectivity index is 1.41. The Morgan fingerprint density at radius 2 is 1.87 bits per heavy atom. The van der Waals surface area contributed by atoms with Crippen molar-refractivity contribution in [2.24, 2.45) is 11.8 Å². The maximum atomic E-state index is 11.9. The highest BCUT2D eigenvalue weighted by atomic mass is 16.5. The van der Waals surface area contributed by atoms with Crippen LogP contribution in [0.3, 0.4) is 0 Å². The lowest BCUT2D eigenvalue weighted by molar-refractivity contribution is -0.151. The van der Waals surface area contributed by atoms with Crippen LogP contribution in [0.5, 0.6) is 5.75 Å². The van der Waals surface area contributed by atoms with E-state index in [4.69, 9.17) is 4.74 Å². The number of hydrogen-bond donors (Lipinski definition) is 1. The van der Waals surface area contributed by atoms with Crippen molar-refractivity contribution < 1.29 is 9.84 Å². The molecule has 160 valence electrons. The molecule has 1 N–H and O–H groups in total. The number of aromatic nitrogens is 1. The van der Waals surface area contributed by atoms with E-state index in [9.17, 15) is 5.11 Å². The van der Waals surface area contributed by atoms with Gasteiger partial charge in [0.15, 0.2) is 0 Å². The third kappa shape index (κ3) is 3.34. The van der Waals surface area contributed by atoms with Gasteiger partial charge in [-0.3, -0.25) is 9.88 Å². The van der Waals surface area contributed by atoms with Gasteiger partial charge in [0.25, 0.3) is 0 Å². The molecular formula is C26H34N2O2. The van der Waals surface area contributed by atoms with E-state index in [1.165, 1.54) is 42.4 Å². The van der Waals surface area contributed by atoms with Crippen molar-refractivity contribution in [2.45, 2.75) is 64.5 Å². The Bertz CT molecular complexity index is 911. The first-order valence-electron chi connectivity index (χ1n) is 11.7.